The molecule has 0 radical (unpaired) electrons. The number of amides is 1. The van der Waals surface area contributed by atoms with Gasteiger partial charge in [-0.25, -0.2) is 0 Å². The smallest absolute Gasteiger partial charge is 0.265 e. The van der Waals surface area contributed by atoms with Gasteiger partial charge in [0.25, 0.3) is 5.91 Å². The van der Waals surface area contributed by atoms with E-state index >= 15 is 0 Å². The van der Waals surface area contributed by atoms with Gasteiger partial charge >= 0.3 is 0 Å². The van der Waals surface area contributed by atoms with Crippen LogP contribution in [-0.4, -0.2) is 30.8 Å². The number of aromatic hydroxyl groups is 1. The first-order valence-corrected chi connectivity index (χ1v) is 7.09. The van der Waals surface area contributed by atoms with Crippen molar-refractivity contribution in [3.63, 3.8) is 0 Å². The number of ether oxygens (including phenoxy) is 2. The fraction of sp³-hybridized carbons (Fsp3) is 0.235. The van der Waals surface area contributed by atoms with E-state index in [2.05, 4.69) is 0 Å². The minimum atomic E-state index is -0.119. The quantitative estimate of drug-likeness (QED) is 0.942. The molecule has 3 rings (SSSR count). The molecule has 0 spiro atoms. The summed E-state index contributed by atoms with van der Waals surface area (Å²) in [5.41, 5.74) is 1.78. The van der Waals surface area contributed by atoms with Gasteiger partial charge in [0.1, 0.15) is 23.9 Å². The standard InChI is InChI=1S/C17H17NO4/c1-12-3-2-4-14(9-12)21-8-7-18-15-6-5-13(19)10-16(15)22-11-17(18)20/h2-6,9-10,19H,7-8,11H2,1H3. The van der Waals surface area contributed by atoms with Crippen LogP contribution in [0.3, 0.4) is 0 Å². The van der Waals surface area contributed by atoms with Crippen molar-refractivity contribution in [2.75, 3.05) is 24.7 Å². The first-order valence-electron chi connectivity index (χ1n) is 7.09. The molecule has 1 amide bonds. The van der Waals surface area contributed by atoms with Crippen molar-refractivity contribution in [1.82, 2.24) is 0 Å². The zero-order valence-electron chi connectivity index (χ0n) is 12.3. The fourth-order valence-electron chi connectivity index (χ4n) is 2.40. The largest absolute Gasteiger partial charge is 0.508 e. The van der Waals surface area contributed by atoms with E-state index in [1.807, 2.05) is 31.2 Å². The Hall–Kier alpha value is -2.69. The van der Waals surface area contributed by atoms with Crippen LogP contribution in [0.15, 0.2) is 42.5 Å². The molecule has 2 aromatic rings. The van der Waals surface area contributed by atoms with Gasteiger partial charge in [-0.15, -0.1) is 0 Å². The molecule has 0 atom stereocenters. The van der Waals surface area contributed by atoms with Crippen LogP contribution >= 0.6 is 0 Å². The molecule has 1 aliphatic heterocycles. The van der Waals surface area contributed by atoms with Crippen molar-refractivity contribution in [3.05, 3.63) is 48.0 Å². The van der Waals surface area contributed by atoms with Crippen LogP contribution in [0.5, 0.6) is 17.2 Å². The summed E-state index contributed by atoms with van der Waals surface area (Å²) < 4.78 is 11.0. The van der Waals surface area contributed by atoms with Gasteiger partial charge in [-0.3, -0.25) is 4.79 Å². The maximum atomic E-state index is 12.0. The van der Waals surface area contributed by atoms with Gasteiger partial charge in [0, 0.05) is 6.07 Å². The number of hydrogen-bond acceptors (Lipinski definition) is 4. The molecule has 0 aliphatic carbocycles. The molecule has 1 heterocycles. The number of aryl methyl sites for hydroxylation is 1. The lowest BCUT2D eigenvalue weighted by atomic mass is 10.2. The third-order valence-corrected chi connectivity index (χ3v) is 3.46. The summed E-state index contributed by atoms with van der Waals surface area (Å²) in [4.78, 5) is 13.6. The summed E-state index contributed by atoms with van der Waals surface area (Å²) in [5.74, 6) is 1.29. The average molecular weight is 299 g/mol. The SMILES string of the molecule is Cc1cccc(OCCN2C(=O)COc3cc(O)ccc32)c1. The Morgan fingerprint density at radius 3 is 2.95 bits per heavy atom. The van der Waals surface area contributed by atoms with Crippen molar-refractivity contribution in [1.29, 1.82) is 0 Å². The second-order valence-corrected chi connectivity index (χ2v) is 5.15. The number of benzene rings is 2. The van der Waals surface area contributed by atoms with Crippen LogP contribution in [0, 0.1) is 6.92 Å². The van der Waals surface area contributed by atoms with Crippen molar-refractivity contribution in [2.24, 2.45) is 0 Å². The topological polar surface area (TPSA) is 59.0 Å². The molecule has 1 N–H and O–H groups in total. The minimum absolute atomic E-state index is 0.0269. The number of phenolic OH excluding ortho intramolecular Hbond substituents is 1. The van der Waals surface area contributed by atoms with E-state index in [1.165, 1.54) is 12.1 Å². The van der Waals surface area contributed by atoms with E-state index in [4.69, 9.17) is 9.47 Å². The molecule has 22 heavy (non-hydrogen) atoms. The molecule has 0 fully saturated rings. The molecular weight excluding hydrogens is 282 g/mol. The molecule has 5 heteroatoms. The second kappa shape index (κ2) is 5.97. The van der Waals surface area contributed by atoms with Crippen molar-refractivity contribution in [2.45, 2.75) is 6.92 Å². The molecule has 0 saturated carbocycles. The number of carbonyl (C=O) groups is 1. The van der Waals surface area contributed by atoms with E-state index in [0.717, 1.165) is 11.3 Å². The number of hydrogen-bond donors (Lipinski definition) is 1. The van der Waals surface area contributed by atoms with E-state index in [-0.39, 0.29) is 18.3 Å². The first kappa shape index (κ1) is 14.3. The van der Waals surface area contributed by atoms with Crippen LogP contribution in [0.25, 0.3) is 0 Å². The minimum Gasteiger partial charge on any atom is -0.508 e. The molecule has 5 nitrogen and oxygen atoms in total. The Morgan fingerprint density at radius 1 is 1.27 bits per heavy atom. The summed E-state index contributed by atoms with van der Waals surface area (Å²) in [6, 6.07) is 12.5. The number of nitrogens with zero attached hydrogens (tertiary/aromatic N) is 1. The van der Waals surface area contributed by atoms with Crippen LogP contribution in [0.2, 0.25) is 0 Å². The summed E-state index contributed by atoms with van der Waals surface area (Å²) in [6.45, 7) is 2.78. The number of rotatable bonds is 4. The van der Waals surface area contributed by atoms with E-state index in [1.54, 1.807) is 11.0 Å². The van der Waals surface area contributed by atoms with Crippen molar-refractivity contribution in [3.8, 4) is 17.2 Å². The first-order chi connectivity index (χ1) is 10.6. The fourth-order valence-corrected chi connectivity index (χ4v) is 2.40. The van der Waals surface area contributed by atoms with Gasteiger partial charge in [0.15, 0.2) is 6.61 Å². The third-order valence-electron chi connectivity index (χ3n) is 3.46. The van der Waals surface area contributed by atoms with Gasteiger partial charge in [-0.2, -0.15) is 0 Å². The van der Waals surface area contributed by atoms with Crippen molar-refractivity contribution < 1.29 is 19.4 Å². The van der Waals surface area contributed by atoms with Gasteiger partial charge in [0.05, 0.1) is 12.2 Å². The molecule has 1 aliphatic rings. The zero-order valence-corrected chi connectivity index (χ0v) is 12.3. The Balaban J connectivity index is 1.68. The monoisotopic (exact) mass is 299 g/mol. The van der Waals surface area contributed by atoms with Gasteiger partial charge in [-0.05, 0) is 36.8 Å². The highest BCUT2D eigenvalue weighted by Gasteiger charge is 2.25. The molecule has 114 valence electrons. The molecule has 0 unspecified atom stereocenters. The van der Waals surface area contributed by atoms with Crippen molar-refractivity contribution >= 4 is 11.6 Å². The lowest BCUT2D eigenvalue weighted by Gasteiger charge is -2.29. The van der Waals surface area contributed by atoms with E-state index < -0.39 is 0 Å². The molecule has 0 aromatic heterocycles. The predicted molar refractivity (Wildman–Crippen MR) is 82.6 cm³/mol. The molecule has 2 aromatic carbocycles. The number of anilines is 1. The number of fused-ring (bicyclic) bond motifs is 1. The average Bonchev–Trinajstić information content (AvgIpc) is 2.49. The second-order valence-electron chi connectivity index (χ2n) is 5.15. The number of phenols is 1. The number of carbonyl (C=O) groups excluding carboxylic acids is 1. The van der Waals surface area contributed by atoms with E-state index in [9.17, 15) is 9.90 Å². The summed E-state index contributed by atoms with van der Waals surface area (Å²) in [6.07, 6.45) is 0. The predicted octanol–water partition coefficient (Wildman–Crippen LogP) is 2.51. The summed E-state index contributed by atoms with van der Waals surface area (Å²) in [5, 5.41) is 9.48. The van der Waals surface area contributed by atoms with Gasteiger partial charge in [0.2, 0.25) is 0 Å². The third kappa shape index (κ3) is 2.98. The van der Waals surface area contributed by atoms with Crippen LogP contribution < -0.4 is 14.4 Å². The summed E-state index contributed by atoms with van der Waals surface area (Å²) >= 11 is 0. The molecule has 0 saturated heterocycles. The zero-order chi connectivity index (χ0) is 15.5. The molecular formula is C17H17NO4. The van der Waals surface area contributed by atoms with Crippen LogP contribution in [0.1, 0.15) is 5.56 Å². The summed E-state index contributed by atoms with van der Waals surface area (Å²) in [7, 11) is 0. The normalized spacial score (nSPS) is 13.5. The Kier molecular flexibility index (Phi) is 3.87. The highest BCUT2D eigenvalue weighted by atomic mass is 16.5. The molecule has 0 bridgehead atoms. The van der Waals surface area contributed by atoms with Crippen LogP contribution in [-0.2, 0) is 4.79 Å². The Morgan fingerprint density at radius 2 is 2.14 bits per heavy atom. The Labute approximate surface area is 128 Å². The van der Waals surface area contributed by atoms with E-state index in [0.29, 0.717) is 24.6 Å². The van der Waals surface area contributed by atoms with Gasteiger partial charge in [-0.1, -0.05) is 12.1 Å². The van der Waals surface area contributed by atoms with Crippen LogP contribution in [0.4, 0.5) is 5.69 Å². The highest BCUT2D eigenvalue weighted by molar-refractivity contribution is 5.97. The lowest BCUT2D eigenvalue weighted by molar-refractivity contribution is -0.121. The Bertz CT molecular complexity index is 699. The lowest BCUT2D eigenvalue weighted by Crippen LogP contribution is -2.41. The van der Waals surface area contributed by atoms with Gasteiger partial charge < -0.3 is 19.5 Å². The maximum Gasteiger partial charge on any atom is 0.265 e. The maximum absolute atomic E-state index is 12.0. The highest BCUT2D eigenvalue weighted by Crippen LogP contribution is 2.34.